The third kappa shape index (κ3) is 6.68. The SMILES string of the molecule is COC(=O)c1sccc1S(=O)(=O)N(Cc1ccc(OC2CCCCCC2)c(OC)c1)Cc1ccccn1. The second-order valence-corrected chi connectivity index (χ2v) is 11.7. The Morgan fingerprint density at radius 3 is 2.49 bits per heavy atom. The van der Waals surface area contributed by atoms with Gasteiger partial charge in [0, 0.05) is 12.7 Å². The van der Waals surface area contributed by atoms with Gasteiger partial charge in [0.15, 0.2) is 11.5 Å². The smallest absolute Gasteiger partial charge is 0.349 e. The summed E-state index contributed by atoms with van der Waals surface area (Å²) < 4.78 is 45.6. The molecule has 0 unspecified atom stereocenters. The molecule has 1 saturated carbocycles. The Bertz CT molecular complexity index is 1290. The number of esters is 1. The van der Waals surface area contributed by atoms with E-state index in [2.05, 4.69) is 4.98 Å². The summed E-state index contributed by atoms with van der Waals surface area (Å²) in [7, 11) is -1.26. The van der Waals surface area contributed by atoms with Crippen LogP contribution in [0.4, 0.5) is 0 Å². The lowest BCUT2D eigenvalue weighted by molar-refractivity contribution is 0.0602. The minimum Gasteiger partial charge on any atom is -0.493 e. The zero-order valence-corrected chi connectivity index (χ0v) is 22.7. The Balaban J connectivity index is 1.63. The lowest BCUT2D eigenvalue weighted by Crippen LogP contribution is -2.31. The highest BCUT2D eigenvalue weighted by Gasteiger charge is 2.31. The van der Waals surface area contributed by atoms with Gasteiger partial charge in [0.05, 0.1) is 32.6 Å². The van der Waals surface area contributed by atoms with Gasteiger partial charge in [0.25, 0.3) is 0 Å². The van der Waals surface area contributed by atoms with Crippen molar-refractivity contribution in [1.82, 2.24) is 9.29 Å². The minimum absolute atomic E-state index is 0.0300. The fourth-order valence-corrected chi connectivity index (χ4v) is 7.14. The van der Waals surface area contributed by atoms with E-state index in [1.165, 1.54) is 30.3 Å². The maximum atomic E-state index is 13.8. The maximum Gasteiger partial charge on any atom is 0.349 e. The molecule has 4 rings (SSSR count). The molecular formula is C27H32N2O6S2. The number of sulfonamides is 1. The number of benzene rings is 1. The fraction of sp³-hybridized carbons (Fsp3) is 0.407. The quantitative estimate of drug-likeness (QED) is 0.248. The molecule has 1 aliphatic carbocycles. The van der Waals surface area contributed by atoms with E-state index >= 15 is 0 Å². The average Bonchev–Trinajstić information content (AvgIpc) is 3.28. The molecule has 10 heteroatoms. The Hall–Kier alpha value is -2.95. The van der Waals surface area contributed by atoms with Crippen molar-refractivity contribution < 1.29 is 27.4 Å². The molecule has 0 radical (unpaired) electrons. The number of thiophene rings is 1. The number of ether oxygens (including phenoxy) is 3. The van der Waals surface area contributed by atoms with Gasteiger partial charge in [-0.15, -0.1) is 11.3 Å². The molecule has 2 heterocycles. The molecule has 0 amide bonds. The lowest BCUT2D eigenvalue weighted by Gasteiger charge is -2.23. The van der Waals surface area contributed by atoms with Crippen LogP contribution >= 0.6 is 11.3 Å². The number of methoxy groups -OCH3 is 2. The van der Waals surface area contributed by atoms with E-state index in [1.54, 1.807) is 36.9 Å². The Morgan fingerprint density at radius 1 is 1.03 bits per heavy atom. The van der Waals surface area contributed by atoms with Crippen molar-refractivity contribution in [2.45, 2.75) is 62.6 Å². The van der Waals surface area contributed by atoms with E-state index < -0.39 is 16.0 Å². The van der Waals surface area contributed by atoms with E-state index in [0.717, 1.165) is 42.6 Å². The second kappa shape index (κ2) is 12.5. The Labute approximate surface area is 222 Å². The number of carbonyl (C=O) groups excluding carboxylic acids is 1. The van der Waals surface area contributed by atoms with Crippen LogP contribution in [0.5, 0.6) is 11.5 Å². The molecule has 0 atom stereocenters. The molecule has 1 fully saturated rings. The normalized spacial score (nSPS) is 14.8. The molecule has 198 valence electrons. The van der Waals surface area contributed by atoms with E-state index in [9.17, 15) is 13.2 Å². The van der Waals surface area contributed by atoms with Crippen LogP contribution in [0.1, 0.15) is 59.5 Å². The van der Waals surface area contributed by atoms with Gasteiger partial charge in [-0.3, -0.25) is 4.98 Å². The van der Waals surface area contributed by atoms with Crippen molar-refractivity contribution in [2.75, 3.05) is 14.2 Å². The lowest BCUT2D eigenvalue weighted by atomic mass is 10.1. The van der Waals surface area contributed by atoms with Crippen LogP contribution in [0.3, 0.4) is 0 Å². The molecular weight excluding hydrogens is 512 g/mol. The van der Waals surface area contributed by atoms with Gasteiger partial charge < -0.3 is 14.2 Å². The molecule has 1 aromatic carbocycles. The van der Waals surface area contributed by atoms with Crippen LogP contribution in [-0.4, -0.2) is 44.0 Å². The largest absolute Gasteiger partial charge is 0.493 e. The van der Waals surface area contributed by atoms with Crippen LogP contribution in [0, 0.1) is 0 Å². The summed E-state index contributed by atoms with van der Waals surface area (Å²) in [5.41, 5.74) is 1.31. The summed E-state index contributed by atoms with van der Waals surface area (Å²) in [6.45, 7) is 0.0811. The summed E-state index contributed by atoms with van der Waals surface area (Å²) >= 11 is 1.03. The highest BCUT2D eigenvalue weighted by molar-refractivity contribution is 7.89. The zero-order valence-electron chi connectivity index (χ0n) is 21.1. The van der Waals surface area contributed by atoms with Gasteiger partial charge in [0.1, 0.15) is 9.77 Å². The highest BCUT2D eigenvalue weighted by Crippen LogP contribution is 2.33. The molecule has 8 nitrogen and oxygen atoms in total. The molecule has 3 aromatic rings. The molecule has 0 bridgehead atoms. The van der Waals surface area contributed by atoms with Crippen LogP contribution in [-0.2, 0) is 27.8 Å². The third-order valence-corrected chi connectivity index (χ3v) is 9.22. The number of hydrogen-bond donors (Lipinski definition) is 0. The van der Waals surface area contributed by atoms with Crippen molar-refractivity contribution >= 4 is 27.3 Å². The van der Waals surface area contributed by atoms with Crippen LogP contribution in [0.25, 0.3) is 0 Å². The summed E-state index contributed by atoms with van der Waals surface area (Å²) in [5.74, 6) is 0.527. The van der Waals surface area contributed by atoms with E-state index in [4.69, 9.17) is 14.2 Å². The van der Waals surface area contributed by atoms with Gasteiger partial charge in [-0.1, -0.05) is 25.0 Å². The second-order valence-electron chi connectivity index (χ2n) is 8.92. The van der Waals surface area contributed by atoms with Crippen LogP contribution in [0.15, 0.2) is 58.9 Å². The molecule has 0 aliphatic heterocycles. The van der Waals surface area contributed by atoms with Crippen molar-refractivity contribution in [3.63, 3.8) is 0 Å². The van der Waals surface area contributed by atoms with Crippen molar-refractivity contribution in [1.29, 1.82) is 0 Å². The average molecular weight is 545 g/mol. The van der Waals surface area contributed by atoms with Crippen molar-refractivity contribution in [3.8, 4) is 11.5 Å². The fourth-order valence-electron chi connectivity index (χ4n) is 4.43. The Morgan fingerprint density at radius 2 is 1.81 bits per heavy atom. The standard InChI is InChI=1S/C27H32N2O6S2/c1-33-24-17-20(12-13-23(24)35-22-10-5-3-4-6-11-22)18-29(19-21-9-7-8-15-28-21)37(31,32)25-14-16-36-26(25)27(30)34-2/h7-9,12-17,22H,3-6,10-11,18-19H2,1-2H3. The number of rotatable bonds is 10. The first kappa shape index (κ1) is 27.1. The first-order valence-corrected chi connectivity index (χ1v) is 14.6. The van der Waals surface area contributed by atoms with Crippen molar-refractivity contribution in [3.05, 3.63) is 70.2 Å². The number of aromatic nitrogens is 1. The Kier molecular flexibility index (Phi) is 9.18. The summed E-state index contributed by atoms with van der Waals surface area (Å²) in [6.07, 6.45) is 8.58. The molecule has 0 N–H and O–H groups in total. The van der Waals surface area contributed by atoms with Gasteiger partial charge in [-0.2, -0.15) is 4.31 Å². The van der Waals surface area contributed by atoms with E-state index in [-0.39, 0.29) is 29.0 Å². The minimum atomic E-state index is -4.07. The molecule has 1 aliphatic rings. The topological polar surface area (TPSA) is 95.0 Å². The highest BCUT2D eigenvalue weighted by atomic mass is 32.2. The number of nitrogens with zero attached hydrogens (tertiary/aromatic N) is 2. The predicted octanol–water partition coefficient (Wildman–Crippen LogP) is 5.43. The van der Waals surface area contributed by atoms with E-state index in [0.29, 0.717) is 17.2 Å². The predicted molar refractivity (Wildman–Crippen MR) is 141 cm³/mol. The summed E-state index contributed by atoms with van der Waals surface area (Å²) in [4.78, 5) is 16.5. The summed E-state index contributed by atoms with van der Waals surface area (Å²) in [5, 5.41) is 1.57. The maximum absolute atomic E-state index is 13.8. The first-order valence-electron chi connectivity index (χ1n) is 12.3. The van der Waals surface area contributed by atoms with Crippen LogP contribution in [0.2, 0.25) is 0 Å². The van der Waals surface area contributed by atoms with Gasteiger partial charge in [-0.05, 0) is 67.0 Å². The van der Waals surface area contributed by atoms with Gasteiger partial charge in [-0.25, -0.2) is 13.2 Å². The number of hydrogen-bond acceptors (Lipinski definition) is 8. The monoisotopic (exact) mass is 544 g/mol. The van der Waals surface area contributed by atoms with Gasteiger partial charge in [0.2, 0.25) is 10.0 Å². The third-order valence-electron chi connectivity index (χ3n) is 6.37. The van der Waals surface area contributed by atoms with E-state index in [1.807, 2.05) is 18.2 Å². The molecule has 2 aromatic heterocycles. The van der Waals surface area contributed by atoms with Gasteiger partial charge >= 0.3 is 5.97 Å². The first-order chi connectivity index (χ1) is 17.9. The van der Waals surface area contributed by atoms with Crippen molar-refractivity contribution in [2.24, 2.45) is 0 Å². The molecule has 0 saturated heterocycles. The number of pyridine rings is 1. The molecule has 37 heavy (non-hydrogen) atoms. The van der Waals surface area contributed by atoms with Crippen LogP contribution < -0.4 is 9.47 Å². The molecule has 0 spiro atoms. The summed E-state index contributed by atoms with van der Waals surface area (Å²) in [6, 6.07) is 12.3. The number of carbonyl (C=O) groups is 1. The zero-order chi connectivity index (χ0) is 26.3.